The maximum atomic E-state index is 12.4. The number of nitrogens with one attached hydrogen (secondary N) is 1. The molecule has 2 aromatic carbocycles. The van der Waals surface area contributed by atoms with Crippen LogP contribution >= 0.6 is 46.0 Å². The molecule has 1 heterocycles. The Morgan fingerprint density at radius 1 is 1.25 bits per heavy atom. The number of carbonyl (C=O) groups excluding carboxylic acids is 1. The van der Waals surface area contributed by atoms with Gasteiger partial charge in [-0.1, -0.05) is 37.2 Å². The zero-order valence-corrected chi connectivity index (χ0v) is 19.0. The summed E-state index contributed by atoms with van der Waals surface area (Å²) < 4.78 is 2.52. The summed E-state index contributed by atoms with van der Waals surface area (Å²) >= 11 is 9.42. The fourth-order valence-electron chi connectivity index (χ4n) is 2.61. The Kier molecular flexibility index (Phi) is 6.84. The largest absolute Gasteiger partial charge is 0.335 e. The molecule has 0 aliphatic carbocycles. The van der Waals surface area contributed by atoms with Gasteiger partial charge in [0.25, 0.3) is 0 Å². The molecule has 0 saturated heterocycles. The van der Waals surface area contributed by atoms with E-state index in [4.69, 9.17) is 17.4 Å². The summed E-state index contributed by atoms with van der Waals surface area (Å²) in [7, 11) is 0. The van der Waals surface area contributed by atoms with Crippen LogP contribution in [0.4, 0.5) is 5.69 Å². The van der Waals surface area contributed by atoms with E-state index in [1.807, 2.05) is 24.3 Å². The molecular weight excluding hydrogens is 509 g/mol. The second-order valence-electron chi connectivity index (χ2n) is 6.41. The van der Waals surface area contributed by atoms with E-state index in [2.05, 4.69) is 58.0 Å². The van der Waals surface area contributed by atoms with Gasteiger partial charge >= 0.3 is 0 Å². The van der Waals surface area contributed by atoms with Crippen LogP contribution in [0.1, 0.15) is 25.3 Å². The van der Waals surface area contributed by atoms with Crippen molar-refractivity contribution in [3.8, 4) is 11.4 Å². The number of hydrogen-bond donors (Lipinski definition) is 2. The molecule has 0 aliphatic heterocycles. The molecule has 3 rings (SSSR count). The lowest BCUT2D eigenvalue weighted by molar-refractivity contribution is -0.113. The van der Waals surface area contributed by atoms with Gasteiger partial charge in [0, 0.05) is 19.8 Å². The smallest absolute Gasteiger partial charge is 0.234 e. The first-order chi connectivity index (χ1) is 13.3. The van der Waals surface area contributed by atoms with Gasteiger partial charge in [0.1, 0.15) is 0 Å². The number of aromatic nitrogens is 3. The van der Waals surface area contributed by atoms with Gasteiger partial charge in [-0.3, -0.25) is 4.79 Å². The molecule has 0 atom stereocenters. The normalized spacial score (nSPS) is 11.0. The van der Waals surface area contributed by atoms with Crippen molar-refractivity contribution in [2.45, 2.75) is 24.9 Å². The van der Waals surface area contributed by atoms with E-state index in [0.717, 1.165) is 20.4 Å². The first-order valence-electron chi connectivity index (χ1n) is 8.53. The molecule has 0 unspecified atom stereocenters. The molecule has 0 saturated carbocycles. The van der Waals surface area contributed by atoms with E-state index in [1.165, 1.54) is 16.4 Å². The van der Waals surface area contributed by atoms with E-state index < -0.39 is 0 Å². The predicted octanol–water partition coefficient (Wildman–Crippen LogP) is 4.77. The number of nitrogens with zero attached hydrogens (tertiary/aromatic N) is 3. The summed E-state index contributed by atoms with van der Waals surface area (Å²) in [6.07, 6.45) is 0. The van der Waals surface area contributed by atoms with E-state index >= 15 is 0 Å². The van der Waals surface area contributed by atoms with Crippen LogP contribution in [0.3, 0.4) is 0 Å². The quantitative estimate of drug-likeness (QED) is 0.274. The fraction of sp³-hybridized carbons (Fsp3) is 0.211. The van der Waals surface area contributed by atoms with Crippen molar-refractivity contribution in [2.75, 3.05) is 16.9 Å². The van der Waals surface area contributed by atoms with E-state index in [1.54, 1.807) is 12.1 Å². The van der Waals surface area contributed by atoms with Gasteiger partial charge in [0.05, 0.1) is 5.75 Å². The molecule has 6 nitrogen and oxygen atoms in total. The molecule has 9 heteroatoms. The second kappa shape index (κ2) is 9.15. The van der Waals surface area contributed by atoms with Crippen molar-refractivity contribution in [1.82, 2.24) is 14.9 Å². The number of halogens is 2. The van der Waals surface area contributed by atoms with Gasteiger partial charge in [-0.25, -0.2) is 4.68 Å². The van der Waals surface area contributed by atoms with Crippen molar-refractivity contribution in [3.05, 3.63) is 56.6 Å². The lowest BCUT2D eigenvalue weighted by atomic mass is 10.0. The number of nitrogen functional groups attached to an aromatic ring is 1. The molecule has 0 aliphatic rings. The monoisotopic (exact) mass is 527 g/mol. The molecule has 3 aromatic rings. The number of nitrogens with two attached hydrogens (primary N) is 1. The Morgan fingerprint density at radius 3 is 2.64 bits per heavy atom. The highest BCUT2D eigenvalue weighted by Gasteiger charge is 2.15. The molecule has 1 amide bonds. The number of thioether (sulfide) groups is 1. The molecule has 0 fully saturated rings. The van der Waals surface area contributed by atoms with Crippen LogP contribution in [-0.4, -0.2) is 26.5 Å². The van der Waals surface area contributed by atoms with Gasteiger partial charge in [-0.05, 0) is 76.5 Å². The van der Waals surface area contributed by atoms with Crippen LogP contribution in [0.25, 0.3) is 11.4 Å². The number of carbonyl (C=O) groups is 1. The number of amides is 1. The average Bonchev–Trinajstić information content (AvgIpc) is 3.02. The standard InChI is InChI=1S/C19H19ClIN5OS/c1-11(2)15-9-14(21)7-8-16(15)23-17(27)10-28-19-25-24-18(26(19)22)12-3-5-13(20)6-4-12/h3-9,11H,10,22H2,1-2H3,(H,23,27). The first kappa shape index (κ1) is 20.9. The minimum absolute atomic E-state index is 0.121. The van der Waals surface area contributed by atoms with Crippen molar-refractivity contribution in [3.63, 3.8) is 0 Å². The number of anilines is 1. The Balaban J connectivity index is 1.67. The summed E-state index contributed by atoms with van der Waals surface area (Å²) in [5.74, 6) is 6.98. The van der Waals surface area contributed by atoms with Gasteiger partial charge < -0.3 is 11.2 Å². The summed E-state index contributed by atoms with van der Waals surface area (Å²) in [6, 6.07) is 13.2. The van der Waals surface area contributed by atoms with E-state index in [0.29, 0.717) is 21.9 Å². The summed E-state index contributed by atoms with van der Waals surface area (Å²) in [5, 5.41) is 12.3. The highest BCUT2D eigenvalue weighted by atomic mass is 127. The van der Waals surface area contributed by atoms with Crippen LogP contribution in [0, 0.1) is 3.57 Å². The van der Waals surface area contributed by atoms with Crippen molar-refractivity contribution >= 4 is 57.5 Å². The molecule has 146 valence electrons. The Labute approximate surface area is 186 Å². The van der Waals surface area contributed by atoms with Crippen LogP contribution in [0.5, 0.6) is 0 Å². The van der Waals surface area contributed by atoms with Crippen LogP contribution < -0.4 is 11.2 Å². The number of hydrogen-bond acceptors (Lipinski definition) is 5. The average molecular weight is 528 g/mol. The summed E-state index contributed by atoms with van der Waals surface area (Å²) in [4.78, 5) is 12.4. The first-order valence-corrected chi connectivity index (χ1v) is 11.0. The van der Waals surface area contributed by atoms with Gasteiger partial charge in [0.15, 0.2) is 5.82 Å². The highest BCUT2D eigenvalue weighted by Crippen LogP contribution is 2.27. The van der Waals surface area contributed by atoms with Crippen LogP contribution in [-0.2, 0) is 4.79 Å². The van der Waals surface area contributed by atoms with Crippen LogP contribution in [0.2, 0.25) is 5.02 Å². The van der Waals surface area contributed by atoms with Gasteiger partial charge in [0.2, 0.25) is 11.1 Å². The zero-order chi connectivity index (χ0) is 20.3. The SMILES string of the molecule is CC(C)c1cc(I)ccc1NC(=O)CSc1nnc(-c2ccc(Cl)cc2)n1N. The molecule has 0 radical (unpaired) electrons. The molecule has 0 spiro atoms. The Morgan fingerprint density at radius 2 is 1.96 bits per heavy atom. The van der Waals surface area contributed by atoms with Gasteiger partial charge in [-0.15, -0.1) is 10.2 Å². The van der Waals surface area contributed by atoms with E-state index in [-0.39, 0.29) is 11.7 Å². The molecule has 28 heavy (non-hydrogen) atoms. The van der Waals surface area contributed by atoms with Gasteiger partial charge in [-0.2, -0.15) is 0 Å². The molecule has 1 aromatic heterocycles. The van der Waals surface area contributed by atoms with Crippen LogP contribution in [0.15, 0.2) is 47.6 Å². The second-order valence-corrected chi connectivity index (χ2v) is 9.03. The summed E-state index contributed by atoms with van der Waals surface area (Å²) in [6.45, 7) is 4.20. The highest BCUT2D eigenvalue weighted by molar-refractivity contribution is 14.1. The third-order valence-electron chi connectivity index (χ3n) is 4.01. The molecule has 3 N–H and O–H groups in total. The van der Waals surface area contributed by atoms with E-state index in [9.17, 15) is 4.79 Å². The number of benzene rings is 2. The molecule has 0 bridgehead atoms. The molecular formula is C19H19ClIN5OS. The Bertz CT molecular complexity index is 990. The summed E-state index contributed by atoms with van der Waals surface area (Å²) in [5.41, 5.74) is 2.74. The zero-order valence-electron chi connectivity index (χ0n) is 15.3. The maximum Gasteiger partial charge on any atom is 0.234 e. The lowest BCUT2D eigenvalue weighted by Gasteiger charge is -2.14. The van der Waals surface area contributed by atoms with Crippen molar-refractivity contribution in [1.29, 1.82) is 0 Å². The third-order valence-corrected chi connectivity index (χ3v) is 5.88. The number of rotatable bonds is 6. The topological polar surface area (TPSA) is 85.8 Å². The predicted molar refractivity (Wildman–Crippen MR) is 123 cm³/mol. The third kappa shape index (κ3) is 4.98. The minimum Gasteiger partial charge on any atom is -0.335 e. The lowest BCUT2D eigenvalue weighted by Crippen LogP contribution is -2.17. The van der Waals surface area contributed by atoms with Crippen molar-refractivity contribution in [2.24, 2.45) is 0 Å². The van der Waals surface area contributed by atoms with Crippen molar-refractivity contribution < 1.29 is 4.79 Å². The fourth-order valence-corrected chi connectivity index (χ4v) is 3.91. The minimum atomic E-state index is -0.121. The Hall–Kier alpha value is -1.78. The maximum absolute atomic E-state index is 12.4.